The van der Waals surface area contributed by atoms with Crippen LogP contribution in [0.15, 0.2) is 115 Å². The van der Waals surface area contributed by atoms with Crippen LogP contribution in [0.3, 0.4) is 0 Å². The molecular formula is C33H27OP. The zero-order chi connectivity index (χ0) is 23.8. The Labute approximate surface area is 206 Å². The van der Waals surface area contributed by atoms with Gasteiger partial charge in [-0.2, -0.15) is 0 Å². The topological polar surface area (TPSA) is 17.1 Å². The molecule has 0 aromatic heterocycles. The Bertz CT molecular complexity index is 1660. The fraction of sp³-hybridized carbons (Fsp3) is 0.152. The maximum absolute atomic E-state index is 15.7. The number of rotatable bonds is 1. The maximum Gasteiger partial charge on any atom is 0.171 e. The number of hydrogen-bond donors (Lipinski definition) is 0. The highest BCUT2D eigenvalue weighted by molar-refractivity contribution is 7.85. The van der Waals surface area contributed by atoms with Crippen molar-refractivity contribution in [2.75, 3.05) is 0 Å². The molecule has 0 bridgehead atoms. The van der Waals surface area contributed by atoms with Crippen molar-refractivity contribution in [1.29, 1.82) is 0 Å². The van der Waals surface area contributed by atoms with Crippen molar-refractivity contribution in [1.82, 2.24) is 0 Å². The molecule has 1 aliphatic carbocycles. The average Bonchev–Trinajstić information content (AvgIpc) is 3.08. The molecule has 35 heavy (non-hydrogen) atoms. The third-order valence-electron chi connectivity index (χ3n) is 8.43. The van der Waals surface area contributed by atoms with Crippen molar-refractivity contribution in [3.05, 3.63) is 138 Å². The number of benzene rings is 5. The van der Waals surface area contributed by atoms with E-state index in [4.69, 9.17) is 0 Å². The Balaban J connectivity index is 1.72. The second-order valence-electron chi connectivity index (χ2n) is 10.5. The smallest absolute Gasteiger partial charge is 0.171 e. The van der Waals surface area contributed by atoms with E-state index in [1.54, 1.807) is 0 Å². The van der Waals surface area contributed by atoms with Crippen LogP contribution in [-0.4, -0.2) is 0 Å². The van der Waals surface area contributed by atoms with Crippen LogP contribution in [0.5, 0.6) is 0 Å². The molecule has 3 atom stereocenters. The van der Waals surface area contributed by atoms with Crippen LogP contribution in [0.1, 0.15) is 47.9 Å². The lowest BCUT2D eigenvalue weighted by Gasteiger charge is -2.33. The predicted octanol–water partition coefficient (Wildman–Crippen LogP) is 7.00. The quantitative estimate of drug-likeness (QED) is 0.241. The van der Waals surface area contributed by atoms with Crippen molar-refractivity contribution in [3.63, 3.8) is 0 Å². The Morgan fingerprint density at radius 2 is 1.29 bits per heavy atom. The first kappa shape index (κ1) is 20.9. The van der Waals surface area contributed by atoms with E-state index in [0.29, 0.717) is 0 Å². The van der Waals surface area contributed by atoms with E-state index >= 15 is 4.57 Å². The van der Waals surface area contributed by atoms with Gasteiger partial charge in [0.1, 0.15) is 0 Å². The summed E-state index contributed by atoms with van der Waals surface area (Å²) in [6.07, 6.45) is 0. The van der Waals surface area contributed by atoms with Crippen LogP contribution < -0.4 is 15.9 Å². The first-order valence-electron chi connectivity index (χ1n) is 12.4. The highest BCUT2D eigenvalue weighted by Crippen LogP contribution is 2.63. The van der Waals surface area contributed by atoms with E-state index in [-0.39, 0.29) is 17.3 Å². The summed E-state index contributed by atoms with van der Waals surface area (Å²) in [7, 11) is -3.12. The lowest BCUT2D eigenvalue weighted by Crippen LogP contribution is -2.29. The summed E-state index contributed by atoms with van der Waals surface area (Å²) in [6, 6.07) is 40.6. The highest BCUT2D eigenvalue weighted by Gasteiger charge is 2.53. The van der Waals surface area contributed by atoms with Crippen molar-refractivity contribution >= 4 is 33.8 Å². The molecule has 3 unspecified atom stereocenters. The SMILES string of the molecule is CC1(C)c2ccccc2C2c3c(ccc4ccccc34)P(=O)(c3ccccc3)c3ccccc3C21. The third-order valence-corrected chi connectivity index (χ3v) is 11.6. The van der Waals surface area contributed by atoms with Gasteiger partial charge in [-0.1, -0.05) is 123 Å². The minimum atomic E-state index is -3.12. The molecule has 0 saturated heterocycles. The largest absolute Gasteiger partial charge is 0.309 e. The molecule has 2 aliphatic rings. The van der Waals surface area contributed by atoms with Crippen LogP contribution in [0.25, 0.3) is 10.8 Å². The minimum Gasteiger partial charge on any atom is -0.309 e. The summed E-state index contributed by atoms with van der Waals surface area (Å²) < 4.78 is 15.7. The summed E-state index contributed by atoms with van der Waals surface area (Å²) in [5, 5.41) is 5.33. The van der Waals surface area contributed by atoms with E-state index in [1.165, 1.54) is 33.0 Å². The first-order chi connectivity index (χ1) is 17.0. The minimum absolute atomic E-state index is 0.0998. The van der Waals surface area contributed by atoms with Gasteiger partial charge in [-0.15, -0.1) is 0 Å². The predicted molar refractivity (Wildman–Crippen MR) is 147 cm³/mol. The Kier molecular flexibility index (Phi) is 4.36. The van der Waals surface area contributed by atoms with Gasteiger partial charge in [0.05, 0.1) is 0 Å². The van der Waals surface area contributed by atoms with Gasteiger partial charge in [0.2, 0.25) is 0 Å². The van der Waals surface area contributed by atoms with E-state index < -0.39 is 7.14 Å². The Hall–Kier alpha value is -3.41. The number of hydrogen-bond acceptors (Lipinski definition) is 1. The lowest BCUT2D eigenvalue weighted by atomic mass is 9.70. The normalized spacial score (nSPS) is 23.6. The van der Waals surface area contributed by atoms with Gasteiger partial charge in [0.15, 0.2) is 7.14 Å². The van der Waals surface area contributed by atoms with Gasteiger partial charge in [-0.3, -0.25) is 0 Å². The Morgan fingerprint density at radius 3 is 2.11 bits per heavy atom. The second-order valence-corrected chi connectivity index (χ2v) is 13.2. The van der Waals surface area contributed by atoms with Crippen LogP contribution in [0.4, 0.5) is 0 Å². The fourth-order valence-corrected chi connectivity index (χ4v) is 10.1. The van der Waals surface area contributed by atoms with Gasteiger partial charge < -0.3 is 4.57 Å². The van der Waals surface area contributed by atoms with Gasteiger partial charge in [0.25, 0.3) is 0 Å². The summed E-state index contributed by atoms with van der Waals surface area (Å²) in [4.78, 5) is 0. The van der Waals surface area contributed by atoms with Crippen LogP contribution in [0.2, 0.25) is 0 Å². The zero-order valence-electron chi connectivity index (χ0n) is 20.0. The first-order valence-corrected chi connectivity index (χ1v) is 14.1. The summed E-state index contributed by atoms with van der Waals surface area (Å²) >= 11 is 0. The van der Waals surface area contributed by atoms with E-state index in [0.717, 1.165) is 15.9 Å². The lowest BCUT2D eigenvalue weighted by molar-refractivity contribution is 0.426. The van der Waals surface area contributed by atoms with E-state index in [2.05, 4.69) is 111 Å². The van der Waals surface area contributed by atoms with Crippen LogP contribution in [-0.2, 0) is 9.98 Å². The van der Waals surface area contributed by atoms with Gasteiger partial charge in [0, 0.05) is 27.7 Å². The monoisotopic (exact) mass is 470 g/mol. The number of fused-ring (bicyclic) bond motifs is 9. The van der Waals surface area contributed by atoms with Crippen molar-refractivity contribution in [2.24, 2.45) is 0 Å². The molecule has 0 fully saturated rings. The molecule has 170 valence electrons. The molecule has 7 rings (SSSR count). The zero-order valence-corrected chi connectivity index (χ0v) is 20.9. The van der Waals surface area contributed by atoms with Crippen molar-refractivity contribution in [2.45, 2.75) is 31.1 Å². The molecule has 1 aliphatic heterocycles. The highest BCUT2D eigenvalue weighted by atomic mass is 31.2. The summed E-state index contributed by atoms with van der Waals surface area (Å²) in [5.74, 6) is 0.336. The molecule has 5 aromatic rings. The van der Waals surface area contributed by atoms with Crippen LogP contribution >= 0.6 is 7.14 Å². The Morgan fingerprint density at radius 1 is 0.629 bits per heavy atom. The summed E-state index contributed by atoms with van der Waals surface area (Å²) in [5.41, 5.74) is 5.15. The average molecular weight is 471 g/mol. The molecule has 5 aromatic carbocycles. The molecule has 2 heteroatoms. The van der Waals surface area contributed by atoms with E-state index in [9.17, 15) is 0 Å². The maximum atomic E-state index is 15.7. The van der Waals surface area contributed by atoms with Crippen molar-refractivity contribution < 1.29 is 4.57 Å². The fourth-order valence-electron chi connectivity index (χ4n) is 6.98. The molecule has 0 N–H and O–H groups in total. The van der Waals surface area contributed by atoms with Gasteiger partial charge in [-0.25, -0.2) is 0 Å². The van der Waals surface area contributed by atoms with Crippen LogP contribution in [0, 0.1) is 0 Å². The van der Waals surface area contributed by atoms with Gasteiger partial charge in [-0.05, 0) is 44.5 Å². The standard InChI is InChI=1S/C33H27OP/c1-33(2)27-18-10-8-16-25(27)31-30-24-15-7-6-12-22(24)20-21-29(30)35(34,23-13-4-3-5-14-23)28-19-11-9-17-26(28)32(31)33/h3-21,31-32H,1-2H3. The summed E-state index contributed by atoms with van der Waals surface area (Å²) in [6.45, 7) is 4.74. The molecule has 0 amide bonds. The second kappa shape index (κ2) is 7.30. The molecule has 0 radical (unpaired) electrons. The molecule has 1 heterocycles. The molecule has 0 spiro atoms. The molecule has 1 nitrogen and oxygen atoms in total. The molecule has 0 saturated carbocycles. The van der Waals surface area contributed by atoms with E-state index in [1.807, 2.05) is 18.2 Å². The third kappa shape index (κ3) is 2.68. The van der Waals surface area contributed by atoms with Gasteiger partial charge >= 0.3 is 0 Å². The van der Waals surface area contributed by atoms with Crippen molar-refractivity contribution in [3.8, 4) is 0 Å². The molecular weight excluding hydrogens is 443 g/mol.